The lowest BCUT2D eigenvalue weighted by molar-refractivity contribution is -0.132. The normalized spacial score (nSPS) is 15.9. The van der Waals surface area contributed by atoms with E-state index in [0.717, 1.165) is 44.1 Å². The molecule has 1 saturated heterocycles. The van der Waals surface area contributed by atoms with Gasteiger partial charge in [0, 0.05) is 30.2 Å². The summed E-state index contributed by atoms with van der Waals surface area (Å²) in [6, 6.07) is 6.54. The molecule has 1 fully saturated rings. The molecule has 4 heteroatoms. The van der Waals surface area contributed by atoms with E-state index in [0.29, 0.717) is 12.3 Å². The second kappa shape index (κ2) is 9.33. The molecule has 0 saturated carbocycles. The fraction of sp³-hybridized carbons (Fsp3) is 0.632. The highest BCUT2D eigenvalue weighted by Crippen LogP contribution is 2.23. The summed E-state index contributed by atoms with van der Waals surface area (Å²) < 4.78 is 0. The largest absolute Gasteiger partial charge is 0.343 e. The van der Waals surface area contributed by atoms with Crippen LogP contribution in [-0.4, -0.2) is 43.2 Å². The van der Waals surface area contributed by atoms with Crippen LogP contribution in [0.1, 0.15) is 36.8 Å². The van der Waals surface area contributed by atoms with E-state index in [2.05, 4.69) is 42.3 Å². The van der Waals surface area contributed by atoms with Crippen LogP contribution in [0.25, 0.3) is 0 Å². The summed E-state index contributed by atoms with van der Waals surface area (Å²) in [4.78, 5) is 15.7. The molecule has 1 aromatic carbocycles. The molecule has 1 aliphatic rings. The molecule has 0 bridgehead atoms. The Morgan fingerprint density at radius 2 is 2.00 bits per heavy atom. The lowest BCUT2D eigenvalue weighted by atomic mass is 9.93. The molecule has 0 aromatic heterocycles. The number of piperidine rings is 1. The van der Waals surface area contributed by atoms with E-state index in [1.807, 2.05) is 7.05 Å². The zero-order valence-electron chi connectivity index (χ0n) is 14.7. The molecule has 1 heterocycles. The highest BCUT2D eigenvalue weighted by Gasteiger charge is 2.22. The number of thioether (sulfide) groups is 1. The van der Waals surface area contributed by atoms with Crippen molar-refractivity contribution in [2.75, 3.05) is 32.4 Å². The van der Waals surface area contributed by atoms with Crippen molar-refractivity contribution in [1.29, 1.82) is 0 Å². The van der Waals surface area contributed by atoms with Gasteiger partial charge in [0.15, 0.2) is 0 Å². The number of carbonyl (C=O) groups is 1. The van der Waals surface area contributed by atoms with Gasteiger partial charge in [-0.1, -0.05) is 6.07 Å². The molecule has 0 atom stereocenters. The fourth-order valence-corrected chi connectivity index (χ4v) is 3.97. The molecule has 0 spiro atoms. The standard InChI is InChI=1S/C19H30N2OS/c1-15-4-5-18(14-16(15)2)23-13-9-19(22)21-11-7-17(8-12-21)6-10-20-3/h4-5,14,17,20H,6-13H2,1-3H3. The first-order chi connectivity index (χ1) is 11.1. The van der Waals surface area contributed by atoms with Gasteiger partial charge in [-0.05, 0) is 75.9 Å². The molecule has 1 amide bonds. The average molecular weight is 335 g/mol. The van der Waals surface area contributed by atoms with Crippen LogP contribution < -0.4 is 5.32 Å². The average Bonchev–Trinajstić information content (AvgIpc) is 2.56. The molecular weight excluding hydrogens is 304 g/mol. The third kappa shape index (κ3) is 5.85. The van der Waals surface area contributed by atoms with E-state index < -0.39 is 0 Å². The Morgan fingerprint density at radius 1 is 1.26 bits per heavy atom. The van der Waals surface area contributed by atoms with Crippen molar-refractivity contribution in [2.24, 2.45) is 5.92 Å². The minimum atomic E-state index is 0.327. The van der Waals surface area contributed by atoms with Gasteiger partial charge in [-0.2, -0.15) is 0 Å². The van der Waals surface area contributed by atoms with Gasteiger partial charge in [0.05, 0.1) is 0 Å². The van der Waals surface area contributed by atoms with Gasteiger partial charge >= 0.3 is 0 Å². The summed E-state index contributed by atoms with van der Waals surface area (Å²) in [5.41, 5.74) is 2.65. The molecule has 0 aliphatic carbocycles. The fourth-order valence-electron chi connectivity index (χ4n) is 3.04. The Balaban J connectivity index is 1.68. The Morgan fingerprint density at radius 3 is 2.65 bits per heavy atom. The number of amides is 1. The molecule has 1 N–H and O–H groups in total. The number of benzene rings is 1. The van der Waals surface area contributed by atoms with Gasteiger partial charge in [0.1, 0.15) is 0 Å². The molecule has 3 nitrogen and oxygen atoms in total. The molecule has 1 aliphatic heterocycles. The van der Waals surface area contributed by atoms with Crippen molar-refractivity contribution < 1.29 is 4.79 Å². The number of nitrogens with zero attached hydrogens (tertiary/aromatic N) is 1. The first-order valence-corrected chi connectivity index (χ1v) is 9.71. The molecule has 1 aromatic rings. The number of carbonyl (C=O) groups excluding carboxylic acids is 1. The van der Waals surface area contributed by atoms with Crippen molar-refractivity contribution in [2.45, 2.75) is 44.4 Å². The molecule has 23 heavy (non-hydrogen) atoms. The van der Waals surface area contributed by atoms with E-state index in [-0.39, 0.29) is 0 Å². The van der Waals surface area contributed by atoms with Crippen LogP contribution in [0.4, 0.5) is 0 Å². The third-order valence-electron chi connectivity index (χ3n) is 4.83. The summed E-state index contributed by atoms with van der Waals surface area (Å²) in [6.45, 7) is 7.25. The topological polar surface area (TPSA) is 32.3 Å². The minimum Gasteiger partial charge on any atom is -0.343 e. The summed E-state index contributed by atoms with van der Waals surface area (Å²) in [5, 5.41) is 3.22. The lowest BCUT2D eigenvalue weighted by Gasteiger charge is -2.32. The highest BCUT2D eigenvalue weighted by molar-refractivity contribution is 7.99. The van der Waals surface area contributed by atoms with E-state index in [4.69, 9.17) is 0 Å². The molecule has 0 unspecified atom stereocenters. The van der Waals surface area contributed by atoms with E-state index in [1.54, 1.807) is 11.8 Å². The number of nitrogens with one attached hydrogen (secondary N) is 1. The third-order valence-corrected chi connectivity index (χ3v) is 5.83. The van der Waals surface area contributed by atoms with Crippen LogP contribution in [0.2, 0.25) is 0 Å². The van der Waals surface area contributed by atoms with Gasteiger partial charge in [-0.15, -0.1) is 11.8 Å². The van der Waals surface area contributed by atoms with Crippen LogP contribution in [0, 0.1) is 19.8 Å². The predicted octanol–water partition coefficient (Wildman–Crippen LogP) is 3.63. The van der Waals surface area contributed by atoms with E-state index in [1.165, 1.54) is 22.4 Å². The van der Waals surface area contributed by atoms with Crippen molar-refractivity contribution in [3.8, 4) is 0 Å². The molecular formula is C19H30N2OS. The maximum absolute atomic E-state index is 12.3. The summed E-state index contributed by atoms with van der Waals surface area (Å²) in [7, 11) is 2.01. The van der Waals surface area contributed by atoms with Crippen molar-refractivity contribution >= 4 is 17.7 Å². The smallest absolute Gasteiger partial charge is 0.223 e. The highest BCUT2D eigenvalue weighted by atomic mass is 32.2. The second-order valence-corrected chi connectivity index (χ2v) is 7.73. The number of aryl methyl sites for hydroxylation is 2. The zero-order valence-corrected chi connectivity index (χ0v) is 15.5. The van der Waals surface area contributed by atoms with Crippen LogP contribution in [0.15, 0.2) is 23.1 Å². The second-order valence-electron chi connectivity index (χ2n) is 6.56. The quantitative estimate of drug-likeness (QED) is 0.773. The molecule has 0 radical (unpaired) electrons. The Bertz CT molecular complexity index is 510. The van der Waals surface area contributed by atoms with Crippen LogP contribution >= 0.6 is 11.8 Å². The summed E-state index contributed by atoms with van der Waals surface area (Å²) in [5.74, 6) is 1.99. The summed E-state index contributed by atoms with van der Waals surface area (Å²) in [6.07, 6.45) is 4.22. The lowest BCUT2D eigenvalue weighted by Crippen LogP contribution is -2.39. The number of hydrogen-bond donors (Lipinski definition) is 1. The monoisotopic (exact) mass is 334 g/mol. The number of likely N-dealkylation sites (tertiary alicyclic amines) is 1. The molecule has 128 valence electrons. The van der Waals surface area contributed by atoms with Gasteiger partial charge in [-0.25, -0.2) is 0 Å². The van der Waals surface area contributed by atoms with Crippen molar-refractivity contribution in [1.82, 2.24) is 10.2 Å². The SMILES string of the molecule is CNCCC1CCN(C(=O)CCSc2ccc(C)c(C)c2)CC1. The van der Waals surface area contributed by atoms with E-state index in [9.17, 15) is 4.79 Å². The predicted molar refractivity (Wildman–Crippen MR) is 99.1 cm³/mol. The maximum Gasteiger partial charge on any atom is 0.223 e. The van der Waals surface area contributed by atoms with Crippen LogP contribution in [0.5, 0.6) is 0 Å². The first kappa shape index (κ1) is 18.3. The van der Waals surface area contributed by atoms with Crippen molar-refractivity contribution in [3.05, 3.63) is 29.3 Å². The Hall–Kier alpha value is -1.00. The van der Waals surface area contributed by atoms with Gasteiger partial charge in [-0.3, -0.25) is 4.79 Å². The van der Waals surface area contributed by atoms with Gasteiger partial charge in [0.25, 0.3) is 0 Å². The minimum absolute atomic E-state index is 0.327. The zero-order chi connectivity index (χ0) is 16.7. The first-order valence-electron chi connectivity index (χ1n) is 8.72. The van der Waals surface area contributed by atoms with Gasteiger partial charge in [0.2, 0.25) is 5.91 Å². The Labute approximate surface area is 145 Å². The number of rotatable bonds is 7. The van der Waals surface area contributed by atoms with Gasteiger partial charge < -0.3 is 10.2 Å². The number of hydrogen-bond acceptors (Lipinski definition) is 3. The maximum atomic E-state index is 12.3. The van der Waals surface area contributed by atoms with Crippen LogP contribution in [-0.2, 0) is 4.79 Å². The van der Waals surface area contributed by atoms with Crippen molar-refractivity contribution in [3.63, 3.8) is 0 Å². The summed E-state index contributed by atoms with van der Waals surface area (Å²) >= 11 is 1.79. The molecule has 2 rings (SSSR count). The van der Waals surface area contributed by atoms with Crippen LogP contribution in [0.3, 0.4) is 0 Å². The Kier molecular flexibility index (Phi) is 7.44. The van der Waals surface area contributed by atoms with E-state index >= 15 is 0 Å².